The molecule has 2 heterocycles. The number of hydrogen-bond acceptors (Lipinski definition) is 4. The largest absolute Gasteiger partial charge is 0.484 e. The van der Waals surface area contributed by atoms with Crippen molar-refractivity contribution in [2.24, 2.45) is 0 Å². The van der Waals surface area contributed by atoms with E-state index in [4.69, 9.17) is 21.1 Å². The maximum atomic E-state index is 12.1. The van der Waals surface area contributed by atoms with E-state index in [2.05, 4.69) is 15.3 Å². The molecule has 0 aliphatic carbocycles. The Labute approximate surface area is 155 Å². The summed E-state index contributed by atoms with van der Waals surface area (Å²) in [6, 6.07) is 12.4. The number of benzene rings is 2. The number of imidazole rings is 1. The third-order valence-corrected chi connectivity index (χ3v) is 4.45. The van der Waals surface area contributed by atoms with E-state index in [0.29, 0.717) is 16.5 Å². The molecule has 3 aromatic rings. The Bertz CT molecular complexity index is 917. The Hall–Kier alpha value is -2.57. The van der Waals surface area contributed by atoms with Gasteiger partial charge in [-0.1, -0.05) is 11.6 Å². The van der Waals surface area contributed by atoms with Gasteiger partial charge in [-0.2, -0.15) is 0 Å². The Kier molecular flexibility index (Phi) is 4.77. The van der Waals surface area contributed by atoms with Gasteiger partial charge in [0.2, 0.25) is 0 Å². The van der Waals surface area contributed by atoms with Crippen LogP contribution in [0.2, 0.25) is 5.02 Å². The molecule has 1 aliphatic rings. The summed E-state index contributed by atoms with van der Waals surface area (Å²) in [6.07, 6.45) is 2.07. The fourth-order valence-electron chi connectivity index (χ4n) is 2.93. The molecule has 7 heteroatoms. The highest BCUT2D eigenvalue weighted by Gasteiger charge is 2.21. The number of anilines is 1. The number of ether oxygens (including phenoxy) is 2. The second kappa shape index (κ2) is 7.35. The van der Waals surface area contributed by atoms with Crippen LogP contribution in [-0.2, 0) is 9.53 Å². The number of nitrogens with one attached hydrogen (secondary N) is 2. The zero-order valence-electron chi connectivity index (χ0n) is 14.0. The Morgan fingerprint density at radius 3 is 2.92 bits per heavy atom. The van der Waals surface area contributed by atoms with Crippen molar-refractivity contribution in [3.63, 3.8) is 0 Å². The highest BCUT2D eigenvalue weighted by Crippen LogP contribution is 2.28. The van der Waals surface area contributed by atoms with E-state index < -0.39 is 0 Å². The first-order chi connectivity index (χ1) is 12.7. The normalized spacial score (nSPS) is 16.7. The zero-order chi connectivity index (χ0) is 17.9. The van der Waals surface area contributed by atoms with E-state index in [1.165, 1.54) is 0 Å². The summed E-state index contributed by atoms with van der Waals surface area (Å²) in [4.78, 5) is 19.9. The number of carbonyl (C=O) groups is 1. The number of aromatic nitrogens is 2. The van der Waals surface area contributed by atoms with Crippen LogP contribution in [0.15, 0.2) is 42.5 Å². The van der Waals surface area contributed by atoms with Gasteiger partial charge in [0.25, 0.3) is 5.91 Å². The van der Waals surface area contributed by atoms with Crippen LogP contribution in [0.4, 0.5) is 5.69 Å². The van der Waals surface area contributed by atoms with Crippen LogP contribution < -0.4 is 10.1 Å². The smallest absolute Gasteiger partial charge is 0.262 e. The predicted molar refractivity (Wildman–Crippen MR) is 99.6 cm³/mol. The van der Waals surface area contributed by atoms with Crippen LogP contribution in [-0.4, -0.2) is 29.1 Å². The average molecular weight is 372 g/mol. The molecule has 26 heavy (non-hydrogen) atoms. The molecule has 0 radical (unpaired) electrons. The molecule has 4 rings (SSSR count). The van der Waals surface area contributed by atoms with E-state index in [-0.39, 0.29) is 18.6 Å². The van der Waals surface area contributed by atoms with Crippen LogP contribution in [0.5, 0.6) is 5.75 Å². The number of carbonyl (C=O) groups excluding carboxylic acids is 1. The van der Waals surface area contributed by atoms with Crippen molar-refractivity contribution >= 4 is 34.2 Å². The summed E-state index contributed by atoms with van der Waals surface area (Å²) in [5.74, 6) is 1.19. The minimum absolute atomic E-state index is 0.0354. The molecule has 1 unspecified atom stereocenters. The van der Waals surface area contributed by atoms with Gasteiger partial charge >= 0.3 is 0 Å². The highest BCUT2D eigenvalue weighted by atomic mass is 35.5. The first-order valence-electron chi connectivity index (χ1n) is 8.47. The Balaban J connectivity index is 1.39. The molecular weight excluding hydrogens is 354 g/mol. The zero-order valence-corrected chi connectivity index (χ0v) is 14.8. The molecule has 2 N–H and O–H groups in total. The Morgan fingerprint density at radius 1 is 1.31 bits per heavy atom. The standard InChI is InChI=1S/C19H18ClN3O3/c20-12-3-6-14(7-4-12)26-11-18(24)21-13-5-8-15-16(10-13)23-19(22-15)17-2-1-9-25-17/h3-8,10,17H,1-2,9,11H2,(H,21,24)(H,22,23). The van der Waals surface area contributed by atoms with Crippen molar-refractivity contribution in [3.05, 3.63) is 53.3 Å². The summed E-state index contributed by atoms with van der Waals surface area (Å²) in [5, 5.41) is 3.45. The minimum atomic E-state index is -0.238. The summed E-state index contributed by atoms with van der Waals surface area (Å²) >= 11 is 5.82. The van der Waals surface area contributed by atoms with Gasteiger partial charge in [0.05, 0.1) is 11.0 Å². The van der Waals surface area contributed by atoms with E-state index in [1.54, 1.807) is 24.3 Å². The van der Waals surface area contributed by atoms with Crippen LogP contribution in [0.1, 0.15) is 24.8 Å². The molecule has 134 valence electrons. The summed E-state index contributed by atoms with van der Waals surface area (Å²) in [6.45, 7) is 0.695. The first-order valence-corrected chi connectivity index (χ1v) is 8.85. The number of aromatic amines is 1. The topological polar surface area (TPSA) is 76.2 Å². The van der Waals surface area contributed by atoms with E-state index >= 15 is 0 Å². The maximum absolute atomic E-state index is 12.1. The van der Waals surface area contributed by atoms with Crippen LogP contribution in [0, 0.1) is 0 Å². The number of halogens is 1. The third kappa shape index (κ3) is 3.81. The van der Waals surface area contributed by atoms with Crippen molar-refractivity contribution in [1.82, 2.24) is 9.97 Å². The van der Waals surface area contributed by atoms with Crippen molar-refractivity contribution in [1.29, 1.82) is 0 Å². The lowest BCUT2D eigenvalue weighted by Gasteiger charge is -2.07. The van der Waals surface area contributed by atoms with Crippen LogP contribution in [0.3, 0.4) is 0 Å². The summed E-state index contributed by atoms with van der Waals surface area (Å²) in [5.41, 5.74) is 2.41. The van der Waals surface area contributed by atoms with Crippen molar-refractivity contribution in [3.8, 4) is 5.75 Å². The van der Waals surface area contributed by atoms with Crippen molar-refractivity contribution < 1.29 is 14.3 Å². The second-order valence-electron chi connectivity index (χ2n) is 6.15. The van der Waals surface area contributed by atoms with E-state index in [1.807, 2.05) is 18.2 Å². The number of hydrogen-bond donors (Lipinski definition) is 2. The first kappa shape index (κ1) is 16.9. The summed E-state index contributed by atoms with van der Waals surface area (Å²) in [7, 11) is 0. The molecule has 1 atom stereocenters. The van der Waals surface area contributed by atoms with Gasteiger partial charge in [-0.25, -0.2) is 4.98 Å². The molecule has 1 saturated heterocycles. The number of nitrogens with zero attached hydrogens (tertiary/aromatic N) is 1. The molecule has 1 aromatic heterocycles. The number of rotatable bonds is 5. The quantitative estimate of drug-likeness (QED) is 0.708. The lowest BCUT2D eigenvalue weighted by atomic mass is 10.2. The fraction of sp³-hybridized carbons (Fsp3) is 0.263. The SMILES string of the molecule is O=C(COc1ccc(Cl)cc1)Nc1ccc2nc(C3CCCO3)[nH]c2c1. The van der Waals surface area contributed by atoms with Gasteiger partial charge in [-0.3, -0.25) is 4.79 Å². The van der Waals surface area contributed by atoms with Gasteiger partial charge in [0, 0.05) is 17.3 Å². The molecule has 6 nitrogen and oxygen atoms in total. The van der Waals surface area contributed by atoms with Gasteiger partial charge in [0.15, 0.2) is 6.61 Å². The molecule has 1 fully saturated rings. The minimum Gasteiger partial charge on any atom is -0.484 e. The molecule has 0 saturated carbocycles. The maximum Gasteiger partial charge on any atom is 0.262 e. The van der Waals surface area contributed by atoms with Gasteiger partial charge in [0.1, 0.15) is 17.7 Å². The van der Waals surface area contributed by atoms with Gasteiger partial charge < -0.3 is 19.8 Å². The molecule has 1 aliphatic heterocycles. The lowest BCUT2D eigenvalue weighted by Crippen LogP contribution is -2.20. The molecule has 2 aromatic carbocycles. The average Bonchev–Trinajstić information content (AvgIpc) is 3.30. The van der Waals surface area contributed by atoms with Gasteiger partial charge in [-0.15, -0.1) is 0 Å². The fourth-order valence-corrected chi connectivity index (χ4v) is 3.06. The summed E-state index contributed by atoms with van der Waals surface area (Å²) < 4.78 is 11.1. The van der Waals surface area contributed by atoms with Crippen molar-refractivity contribution in [2.75, 3.05) is 18.5 Å². The van der Waals surface area contributed by atoms with E-state index in [9.17, 15) is 4.79 Å². The molecule has 0 spiro atoms. The van der Waals surface area contributed by atoms with Crippen LogP contribution in [0.25, 0.3) is 11.0 Å². The molecule has 1 amide bonds. The molecule has 0 bridgehead atoms. The second-order valence-corrected chi connectivity index (χ2v) is 6.58. The predicted octanol–water partition coefficient (Wildman–Crippen LogP) is 4.09. The Morgan fingerprint density at radius 2 is 2.15 bits per heavy atom. The van der Waals surface area contributed by atoms with E-state index in [0.717, 1.165) is 36.3 Å². The number of H-pyrrole nitrogens is 1. The highest BCUT2D eigenvalue weighted by molar-refractivity contribution is 6.30. The third-order valence-electron chi connectivity index (χ3n) is 4.20. The number of fused-ring (bicyclic) bond motifs is 1. The number of amides is 1. The van der Waals surface area contributed by atoms with Crippen LogP contribution >= 0.6 is 11.6 Å². The molecular formula is C19H18ClN3O3. The lowest BCUT2D eigenvalue weighted by molar-refractivity contribution is -0.118. The van der Waals surface area contributed by atoms with Crippen molar-refractivity contribution in [2.45, 2.75) is 18.9 Å². The van der Waals surface area contributed by atoms with Gasteiger partial charge in [-0.05, 0) is 55.3 Å². The monoisotopic (exact) mass is 371 g/mol.